The molecule has 4 heteroatoms. The minimum Gasteiger partial charge on any atom is -0.370 e. The van der Waals surface area contributed by atoms with Crippen LogP contribution >= 0.6 is 0 Å². The van der Waals surface area contributed by atoms with Gasteiger partial charge in [-0.1, -0.05) is 37.3 Å². The van der Waals surface area contributed by atoms with E-state index < -0.39 is 0 Å². The number of benzene rings is 1. The third-order valence-electron chi connectivity index (χ3n) is 4.13. The number of anilines is 1. The normalized spacial score (nSPS) is 18.1. The second-order valence-corrected chi connectivity index (χ2v) is 5.87. The van der Waals surface area contributed by atoms with Crippen LogP contribution in [-0.2, 0) is 6.42 Å². The van der Waals surface area contributed by atoms with Crippen molar-refractivity contribution in [2.24, 2.45) is 5.92 Å². The summed E-state index contributed by atoms with van der Waals surface area (Å²) in [6.07, 6.45) is 3.41. The molecule has 0 amide bonds. The Morgan fingerprint density at radius 1 is 1.23 bits per heavy atom. The Morgan fingerprint density at radius 2 is 2.09 bits per heavy atom. The average molecular weight is 296 g/mol. The van der Waals surface area contributed by atoms with Gasteiger partial charge < -0.3 is 10.6 Å². The number of nitrogens with one attached hydrogen (secondary N) is 2. The summed E-state index contributed by atoms with van der Waals surface area (Å²) in [5.74, 6) is 2.52. The van der Waals surface area contributed by atoms with E-state index in [1.54, 1.807) is 0 Å². The molecule has 0 bridgehead atoms. The van der Waals surface area contributed by atoms with Crippen LogP contribution in [0.15, 0.2) is 36.4 Å². The van der Waals surface area contributed by atoms with Crippen LogP contribution in [0.3, 0.4) is 0 Å². The van der Waals surface area contributed by atoms with Crippen LogP contribution in [0.4, 0.5) is 5.82 Å². The van der Waals surface area contributed by atoms with E-state index in [1.165, 1.54) is 12.8 Å². The number of nitrogens with zero attached hydrogens (tertiary/aromatic N) is 2. The van der Waals surface area contributed by atoms with Crippen molar-refractivity contribution < 1.29 is 0 Å². The smallest absolute Gasteiger partial charge is 0.131 e. The number of aryl methyl sites for hydroxylation is 1. The lowest BCUT2D eigenvalue weighted by Gasteiger charge is -2.23. The van der Waals surface area contributed by atoms with Crippen molar-refractivity contribution in [1.29, 1.82) is 0 Å². The van der Waals surface area contributed by atoms with Gasteiger partial charge in [-0.25, -0.2) is 9.97 Å². The summed E-state index contributed by atoms with van der Waals surface area (Å²) in [5.41, 5.74) is 2.14. The molecule has 0 saturated carbocycles. The maximum atomic E-state index is 4.65. The average Bonchev–Trinajstić information content (AvgIpc) is 2.61. The molecule has 2 N–H and O–H groups in total. The van der Waals surface area contributed by atoms with Crippen LogP contribution in [0.2, 0.25) is 0 Å². The maximum Gasteiger partial charge on any atom is 0.131 e. The lowest BCUT2D eigenvalue weighted by molar-refractivity contribution is 0.392. The Bertz CT molecular complexity index is 591. The van der Waals surface area contributed by atoms with Crippen molar-refractivity contribution >= 4 is 5.82 Å². The highest BCUT2D eigenvalue weighted by molar-refractivity contribution is 5.62. The zero-order valence-electron chi connectivity index (χ0n) is 13.2. The van der Waals surface area contributed by atoms with Crippen molar-refractivity contribution in [3.05, 3.63) is 42.2 Å². The fraction of sp³-hybridized carbons (Fsp3) is 0.444. The Labute approximate surface area is 132 Å². The standard InChI is InChI=1S/C18H24N4/c1-2-17-21-16(15-8-4-3-5-9-15)11-18(22-17)20-13-14-7-6-10-19-12-14/h3-5,8-9,11,14,19H,2,6-7,10,12-13H2,1H3,(H,20,21,22). The lowest BCUT2D eigenvalue weighted by atomic mass is 10.00. The molecule has 3 rings (SSSR count). The van der Waals surface area contributed by atoms with E-state index in [-0.39, 0.29) is 0 Å². The summed E-state index contributed by atoms with van der Waals surface area (Å²) in [6.45, 7) is 5.33. The molecule has 116 valence electrons. The molecule has 2 heterocycles. The predicted molar refractivity (Wildman–Crippen MR) is 90.9 cm³/mol. The second kappa shape index (κ2) is 7.36. The third-order valence-corrected chi connectivity index (χ3v) is 4.13. The summed E-state index contributed by atoms with van der Waals surface area (Å²) >= 11 is 0. The summed E-state index contributed by atoms with van der Waals surface area (Å²) in [5, 5.41) is 6.97. The number of piperidine rings is 1. The van der Waals surface area contributed by atoms with Crippen molar-refractivity contribution in [3.8, 4) is 11.3 Å². The fourth-order valence-electron chi connectivity index (χ4n) is 2.85. The number of rotatable bonds is 5. The minimum atomic E-state index is 0.689. The first-order chi connectivity index (χ1) is 10.8. The Hall–Kier alpha value is -1.94. The van der Waals surface area contributed by atoms with Crippen LogP contribution < -0.4 is 10.6 Å². The molecular formula is C18H24N4. The van der Waals surface area contributed by atoms with Gasteiger partial charge in [-0.15, -0.1) is 0 Å². The molecular weight excluding hydrogens is 272 g/mol. The summed E-state index contributed by atoms with van der Waals surface area (Å²) < 4.78 is 0. The molecule has 0 radical (unpaired) electrons. The van der Waals surface area contributed by atoms with E-state index in [1.807, 2.05) is 18.2 Å². The van der Waals surface area contributed by atoms with Gasteiger partial charge in [0.05, 0.1) is 5.69 Å². The molecule has 4 nitrogen and oxygen atoms in total. The summed E-state index contributed by atoms with van der Waals surface area (Å²) in [7, 11) is 0. The highest BCUT2D eigenvalue weighted by Crippen LogP contribution is 2.20. The number of aromatic nitrogens is 2. The largest absolute Gasteiger partial charge is 0.370 e. The zero-order chi connectivity index (χ0) is 15.2. The molecule has 1 saturated heterocycles. The predicted octanol–water partition coefficient (Wildman–Crippen LogP) is 3.12. The zero-order valence-corrected chi connectivity index (χ0v) is 13.2. The van der Waals surface area contributed by atoms with Crippen molar-refractivity contribution in [1.82, 2.24) is 15.3 Å². The first-order valence-corrected chi connectivity index (χ1v) is 8.23. The lowest BCUT2D eigenvalue weighted by Crippen LogP contribution is -2.33. The Balaban J connectivity index is 1.75. The molecule has 1 aromatic heterocycles. The van der Waals surface area contributed by atoms with Crippen molar-refractivity contribution in [2.75, 3.05) is 25.0 Å². The van der Waals surface area contributed by atoms with E-state index in [2.05, 4.69) is 45.7 Å². The maximum absolute atomic E-state index is 4.65. The van der Waals surface area contributed by atoms with Crippen LogP contribution in [0, 0.1) is 5.92 Å². The monoisotopic (exact) mass is 296 g/mol. The first-order valence-electron chi connectivity index (χ1n) is 8.23. The Kier molecular flexibility index (Phi) is 5.01. The summed E-state index contributed by atoms with van der Waals surface area (Å²) in [4.78, 5) is 9.27. The van der Waals surface area contributed by atoms with Gasteiger partial charge in [0.1, 0.15) is 11.6 Å². The van der Waals surface area contributed by atoms with E-state index >= 15 is 0 Å². The molecule has 0 spiro atoms. The van der Waals surface area contributed by atoms with Gasteiger partial charge in [-0.3, -0.25) is 0 Å². The third kappa shape index (κ3) is 3.83. The van der Waals surface area contributed by atoms with Gasteiger partial charge >= 0.3 is 0 Å². The molecule has 1 aliphatic heterocycles. The molecule has 1 aliphatic rings. The van der Waals surface area contributed by atoms with Gasteiger partial charge in [0.15, 0.2) is 0 Å². The first kappa shape index (κ1) is 15.0. The SMILES string of the molecule is CCc1nc(NCC2CCCNC2)cc(-c2ccccc2)n1. The van der Waals surface area contributed by atoms with E-state index in [0.29, 0.717) is 5.92 Å². The molecule has 0 aliphatic carbocycles. The molecule has 22 heavy (non-hydrogen) atoms. The molecule has 1 unspecified atom stereocenters. The van der Waals surface area contributed by atoms with E-state index in [9.17, 15) is 0 Å². The number of hydrogen-bond acceptors (Lipinski definition) is 4. The molecule has 2 aromatic rings. The Morgan fingerprint density at radius 3 is 2.82 bits per heavy atom. The van der Waals surface area contributed by atoms with Gasteiger partial charge in [-0.2, -0.15) is 0 Å². The van der Waals surface area contributed by atoms with Crippen LogP contribution in [-0.4, -0.2) is 29.6 Å². The topological polar surface area (TPSA) is 49.8 Å². The van der Waals surface area contributed by atoms with Gasteiger partial charge in [0.2, 0.25) is 0 Å². The van der Waals surface area contributed by atoms with Crippen LogP contribution in [0.1, 0.15) is 25.6 Å². The van der Waals surface area contributed by atoms with E-state index in [4.69, 9.17) is 0 Å². The molecule has 1 atom stereocenters. The highest BCUT2D eigenvalue weighted by Gasteiger charge is 2.13. The molecule has 1 fully saturated rings. The van der Waals surface area contributed by atoms with Crippen LogP contribution in [0.5, 0.6) is 0 Å². The second-order valence-electron chi connectivity index (χ2n) is 5.87. The van der Waals surface area contributed by atoms with Gasteiger partial charge in [0.25, 0.3) is 0 Å². The quantitative estimate of drug-likeness (QED) is 0.890. The fourth-order valence-corrected chi connectivity index (χ4v) is 2.85. The minimum absolute atomic E-state index is 0.689. The van der Waals surface area contributed by atoms with Gasteiger partial charge in [-0.05, 0) is 31.8 Å². The summed E-state index contributed by atoms with van der Waals surface area (Å²) in [6, 6.07) is 12.4. The van der Waals surface area contributed by atoms with Crippen molar-refractivity contribution in [2.45, 2.75) is 26.2 Å². The van der Waals surface area contributed by atoms with Crippen LogP contribution in [0.25, 0.3) is 11.3 Å². The molecule has 1 aromatic carbocycles. The number of hydrogen-bond donors (Lipinski definition) is 2. The van der Waals surface area contributed by atoms with E-state index in [0.717, 1.165) is 49.0 Å². The van der Waals surface area contributed by atoms with Gasteiger partial charge in [0, 0.05) is 24.6 Å². The highest BCUT2D eigenvalue weighted by atomic mass is 15.0. The van der Waals surface area contributed by atoms with Crippen molar-refractivity contribution in [3.63, 3.8) is 0 Å².